The summed E-state index contributed by atoms with van der Waals surface area (Å²) in [6, 6.07) is 11.2. The molecule has 0 saturated carbocycles. The first-order valence-electron chi connectivity index (χ1n) is 6.12. The number of hydrogen-bond acceptors (Lipinski definition) is 2. The number of rotatable bonds is 3. The van der Waals surface area contributed by atoms with Gasteiger partial charge in [0.2, 0.25) is 0 Å². The van der Waals surface area contributed by atoms with Crippen molar-refractivity contribution in [1.82, 2.24) is 0 Å². The lowest BCUT2D eigenvalue weighted by Crippen LogP contribution is -2.06. The van der Waals surface area contributed by atoms with Gasteiger partial charge in [0.05, 0.1) is 7.11 Å². The highest BCUT2D eigenvalue weighted by molar-refractivity contribution is 6.30. The molecule has 1 unspecified atom stereocenters. The summed E-state index contributed by atoms with van der Waals surface area (Å²) in [7, 11) is 1.59. The van der Waals surface area contributed by atoms with Crippen LogP contribution in [0.3, 0.4) is 0 Å². The average Bonchev–Trinajstić information content (AvgIpc) is 2.38. The molecule has 1 N–H and O–H groups in total. The molecule has 0 aliphatic rings. The van der Waals surface area contributed by atoms with Crippen molar-refractivity contribution in [2.45, 2.75) is 20.0 Å². The third kappa shape index (κ3) is 2.75. The van der Waals surface area contributed by atoms with Crippen LogP contribution in [0.4, 0.5) is 0 Å². The predicted octanol–water partition coefficient (Wildman–Crippen LogP) is 4.05. The molecular formula is C16H17ClO2. The summed E-state index contributed by atoms with van der Waals surface area (Å²) in [6.45, 7) is 3.98. The highest BCUT2D eigenvalue weighted by Crippen LogP contribution is 2.34. The minimum Gasteiger partial charge on any atom is -0.496 e. The van der Waals surface area contributed by atoms with E-state index in [-0.39, 0.29) is 0 Å². The van der Waals surface area contributed by atoms with E-state index >= 15 is 0 Å². The maximum Gasteiger partial charge on any atom is 0.125 e. The number of halogens is 1. The topological polar surface area (TPSA) is 29.5 Å². The molecule has 2 aromatic carbocycles. The van der Waals surface area contributed by atoms with Crippen molar-refractivity contribution in [2.75, 3.05) is 7.11 Å². The Kier molecular flexibility index (Phi) is 4.13. The number of aryl methyl sites for hydroxylation is 2. The zero-order chi connectivity index (χ0) is 14.0. The molecule has 0 aromatic heterocycles. The van der Waals surface area contributed by atoms with Crippen LogP contribution in [-0.4, -0.2) is 12.2 Å². The van der Waals surface area contributed by atoms with E-state index in [9.17, 15) is 5.11 Å². The zero-order valence-corrected chi connectivity index (χ0v) is 12.0. The lowest BCUT2D eigenvalue weighted by Gasteiger charge is -2.19. The van der Waals surface area contributed by atoms with Gasteiger partial charge in [0, 0.05) is 10.6 Å². The molecule has 19 heavy (non-hydrogen) atoms. The Hall–Kier alpha value is -1.51. The van der Waals surface area contributed by atoms with Crippen LogP contribution in [0.15, 0.2) is 36.4 Å². The Bertz CT molecular complexity index is 573. The van der Waals surface area contributed by atoms with Crippen molar-refractivity contribution >= 4 is 11.6 Å². The van der Waals surface area contributed by atoms with E-state index in [1.807, 2.05) is 32.0 Å². The first-order valence-corrected chi connectivity index (χ1v) is 6.50. The molecule has 0 aliphatic heterocycles. The maximum absolute atomic E-state index is 10.7. The van der Waals surface area contributed by atoms with Crippen LogP contribution in [-0.2, 0) is 0 Å². The van der Waals surface area contributed by atoms with Crippen molar-refractivity contribution in [3.63, 3.8) is 0 Å². The second-order valence-corrected chi connectivity index (χ2v) is 5.03. The molecule has 2 nitrogen and oxygen atoms in total. The number of methoxy groups -OCH3 is 1. The van der Waals surface area contributed by atoms with Crippen molar-refractivity contribution in [2.24, 2.45) is 0 Å². The molecule has 1 atom stereocenters. The summed E-state index contributed by atoms with van der Waals surface area (Å²) < 4.78 is 5.30. The van der Waals surface area contributed by atoms with E-state index in [1.165, 1.54) is 0 Å². The Morgan fingerprint density at radius 2 is 1.74 bits per heavy atom. The standard InChI is InChI=1S/C16H17ClO2/c1-10-5-4-6-11(2)15(10)16(18)13-9-12(17)7-8-14(13)19-3/h4-9,16,18H,1-3H3. The van der Waals surface area contributed by atoms with Crippen LogP contribution < -0.4 is 4.74 Å². The highest BCUT2D eigenvalue weighted by Gasteiger charge is 2.19. The lowest BCUT2D eigenvalue weighted by atomic mass is 9.93. The summed E-state index contributed by atoms with van der Waals surface area (Å²) in [5.41, 5.74) is 3.69. The molecule has 0 saturated heterocycles. The smallest absolute Gasteiger partial charge is 0.125 e. The summed E-state index contributed by atoms with van der Waals surface area (Å²) in [5, 5.41) is 11.2. The Balaban J connectivity index is 2.55. The van der Waals surface area contributed by atoms with Gasteiger partial charge in [-0.05, 0) is 48.7 Å². The molecule has 3 heteroatoms. The third-order valence-electron chi connectivity index (χ3n) is 3.30. The summed E-state index contributed by atoms with van der Waals surface area (Å²) in [5.74, 6) is 0.638. The fraction of sp³-hybridized carbons (Fsp3) is 0.250. The average molecular weight is 277 g/mol. The van der Waals surface area contributed by atoms with Crippen LogP contribution in [0.5, 0.6) is 5.75 Å². The van der Waals surface area contributed by atoms with Gasteiger partial charge in [-0.15, -0.1) is 0 Å². The van der Waals surface area contributed by atoms with Gasteiger partial charge in [-0.1, -0.05) is 29.8 Å². The zero-order valence-electron chi connectivity index (χ0n) is 11.3. The number of aliphatic hydroxyl groups excluding tert-OH is 1. The third-order valence-corrected chi connectivity index (χ3v) is 3.54. The van der Waals surface area contributed by atoms with Gasteiger partial charge in [-0.25, -0.2) is 0 Å². The number of aliphatic hydroxyl groups is 1. The molecule has 100 valence electrons. The fourth-order valence-electron chi connectivity index (χ4n) is 2.33. The van der Waals surface area contributed by atoms with Gasteiger partial charge in [0.15, 0.2) is 0 Å². The molecule has 0 fully saturated rings. The van der Waals surface area contributed by atoms with Crippen LogP contribution in [0.2, 0.25) is 5.02 Å². The molecule has 2 aromatic rings. The Morgan fingerprint density at radius 3 is 2.32 bits per heavy atom. The molecule has 0 spiro atoms. The summed E-state index contributed by atoms with van der Waals surface area (Å²) in [4.78, 5) is 0. The van der Waals surface area contributed by atoms with E-state index in [1.54, 1.807) is 25.3 Å². The lowest BCUT2D eigenvalue weighted by molar-refractivity contribution is 0.213. The predicted molar refractivity (Wildman–Crippen MR) is 78.0 cm³/mol. The van der Waals surface area contributed by atoms with Crippen LogP contribution in [0.1, 0.15) is 28.4 Å². The molecule has 2 rings (SSSR count). The van der Waals surface area contributed by atoms with E-state index in [4.69, 9.17) is 16.3 Å². The van der Waals surface area contributed by atoms with Crippen LogP contribution in [0, 0.1) is 13.8 Å². The van der Waals surface area contributed by atoms with E-state index in [0.29, 0.717) is 16.3 Å². The van der Waals surface area contributed by atoms with Crippen LogP contribution in [0.25, 0.3) is 0 Å². The maximum atomic E-state index is 10.7. The minimum atomic E-state index is -0.741. The van der Waals surface area contributed by atoms with E-state index in [2.05, 4.69) is 0 Å². The van der Waals surface area contributed by atoms with Crippen molar-refractivity contribution in [1.29, 1.82) is 0 Å². The van der Waals surface area contributed by atoms with Gasteiger partial charge >= 0.3 is 0 Å². The van der Waals surface area contributed by atoms with Crippen molar-refractivity contribution < 1.29 is 9.84 Å². The Morgan fingerprint density at radius 1 is 1.11 bits per heavy atom. The second kappa shape index (κ2) is 5.64. The second-order valence-electron chi connectivity index (χ2n) is 4.59. The van der Waals surface area contributed by atoms with Gasteiger partial charge in [-0.2, -0.15) is 0 Å². The van der Waals surface area contributed by atoms with Gasteiger partial charge in [0.1, 0.15) is 11.9 Å². The van der Waals surface area contributed by atoms with Crippen LogP contribution >= 0.6 is 11.6 Å². The normalized spacial score (nSPS) is 12.3. The fourth-order valence-corrected chi connectivity index (χ4v) is 2.51. The van der Waals surface area contributed by atoms with Gasteiger partial charge in [0.25, 0.3) is 0 Å². The van der Waals surface area contributed by atoms with Gasteiger partial charge in [-0.3, -0.25) is 0 Å². The van der Waals surface area contributed by atoms with Crippen molar-refractivity contribution in [3.8, 4) is 5.75 Å². The summed E-state index contributed by atoms with van der Waals surface area (Å²) in [6.07, 6.45) is -0.741. The molecular weight excluding hydrogens is 260 g/mol. The highest BCUT2D eigenvalue weighted by atomic mass is 35.5. The van der Waals surface area contributed by atoms with E-state index in [0.717, 1.165) is 16.7 Å². The first kappa shape index (κ1) is 13.9. The molecule has 0 amide bonds. The minimum absolute atomic E-state index is 0.584. The monoisotopic (exact) mass is 276 g/mol. The molecule has 0 aliphatic carbocycles. The molecule has 0 heterocycles. The number of hydrogen-bond donors (Lipinski definition) is 1. The van der Waals surface area contributed by atoms with Crippen molar-refractivity contribution in [3.05, 3.63) is 63.7 Å². The SMILES string of the molecule is COc1ccc(Cl)cc1C(O)c1c(C)cccc1C. The largest absolute Gasteiger partial charge is 0.496 e. The summed E-state index contributed by atoms with van der Waals surface area (Å²) >= 11 is 6.02. The number of benzene rings is 2. The first-order chi connectivity index (χ1) is 9.04. The Labute approximate surface area is 118 Å². The van der Waals surface area contributed by atoms with E-state index < -0.39 is 6.10 Å². The molecule has 0 radical (unpaired) electrons. The number of ether oxygens (including phenoxy) is 1. The van der Waals surface area contributed by atoms with Gasteiger partial charge < -0.3 is 9.84 Å². The molecule has 0 bridgehead atoms. The quantitative estimate of drug-likeness (QED) is 0.916.